The molecule has 80 valence electrons. The predicted octanol–water partition coefficient (Wildman–Crippen LogP) is 3.31. The first-order chi connectivity index (χ1) is 7.72. The van der Waals surface area contributed by atoms with Gasteiger partial charge in [0.1, 0.15) is 11.9 Å². The van der Waals surface area contributed by atoms with E-state index in [4.69, 9.17) is 5.26 Å². The van der Waals surface area contributed by atoms with E-state index >= 15 is 0 Å². The van der Waals surface area contributed by atoms with Gasteiger partial charge in [0.15, 0.2) is 0 Å². The van der Waals surface area contributed by atoms with Gasteiger partial charge in [-0.05, 0) is 30.2 Å². The first-order valence-electron chi connectivity index (χ1n) is 4.73. The van der Waals surface area contributed by atoms with E-state index in [0.29, 0.717) is 5.56 Å². The van der Waals surface area contributed by atoms with Gasteiger partial charge in [-0.2, -0.15) is 5.26 Å². The zero-order valence-corrected chi connectivity index (χ0v) is 8.94. The van der Waals surface area contributed by atoms with Crippen molar-refractivity contribution in [1.29, 1.82) is 5.26 Å². The second-order valence-electron chi connectivity index (χ2n) is 3.01. The number of aliphatic imine (C=N–C) groups is 1. The number of benzene rings is 1. The Morgan fingerprint density at radius 1 is 1.56 bits per heavy atom. The SMILES string of the molecule is C=CN=C/C(=C\C)c1ccc(C#N)c(F)c1. The maximum absolute atomic E-state index is 13.4. The fourth-order valence-corrected chi connectivity index (χ4v) is 1.23. The molecule has 0 aliphatic carbocycles. The molecule has 0 N–H and O–H groups in total. The first kappa shape index (κ1) is 11.9. The van der Waals surface area contributed by atoms with E-state index in [1.54, 1.807) is 18.4 Å². The highest BCUT2D eigenvalue weighted by Crippen LogP contribution is 2.16. The van der Waals surface area contributed by atoms with Crippen molar-refractivity contribution in [2.24, 2.45) is 4.99 Å². The molecule has 0 amide bonds. The lowest BCUT2D eigenvalue weighted by Crippen LogP contribution is -1.90. The van der Waals surface area contributed by atoms with Crippen molar-refractivity contribution >= 4 is 11.8 Å². The molecular formula is C13H11FN2. The Balaban J connectivity index is 3.14. The molecule has 3 heteroatoms. The van der Waals surface area contributed by atoms with Crippen molar-refractivity contribution < 1.29 is 4.39 Å². The van der Waals surface area contributed by atoms with Crippen LogP contribution in [-0.2, 0) is 0 Å². The fourth-order valence-electron chi connectivity index (χ4n) is 1.23. The van der Waals surface area contributed by atoms with Crippen LogP contribution in [0.5, 0.6) is 0 Å². The monoisotopic (exact) mass is 214 g/mol. The van der Waals surface area contributed by atoms with Crippen molar-refractivity contribution in [1.82, 2.24) is 0 Å². The molecule has 0 bridgehead atoms. The van der Waals surface area contributed by atoms with Crippen molar-refractivity contribution in [2.45, 2.75) is 6.92 Å². The van der Waals surface area contributed by atoms with Gasteiger partial charge in [0.05, 0.1) is 5.56 Å². The second-order valence-corrected chi connectivity index (χ2v) is 3.01. The summed E-state index contributed by atoms with van der Waals surface area (Å²) in [6, 6.07) is 6.24. The number of nitrogens with zero attached hydrogens (tertiary/aromatic N) is 2. The molecule has 1 aromatic carbocycles. The molecule has 0 atom stereocenters. The number of hydrogen-bond donors (Lipinski definition) is 0. The fraction of sp³-hybridized carbons (Fsp3) is 0.0769. The molecule has 0 unspecified atom stereocenters. The molecule has 0 aromatic heterocycles. The molecule has 0 fully saturated rings. The molecule has 0 heterocycles. The molecule has 0 saturated heterocycles. The van der Waals surface area contributed by atoms with E-state index in [2.05, 4.69) is 11.6 Å². The third-order valence-electron chi connectivity index (χ3n) is 2.05. The van der Waals surface area contributed by atoms with E-state index in [1.807, 2.05) is 13.0 Å². The van der Waals surface area contributed by atoms with Crippen LogP contribution in [0.3, 0.4) is 0 Å². The molecule has 2 nitrogen and oxygen atoms in total. The summed E-state index contributed by atoms with van der Waals surface area (Å²) in [4.78, 5) is 3.87. The van der Waals surface area contributed by atoms with Crippen molar-refractivity contribution in [3.8, 4) is 6.07 Å². The zero-order chi connectivity index (χ0) is 12.0. The standard InChI is InChI=1S/C13H11FN2/c1-3-10(9-16-4-2)11-5-6-12(8-15)13(14)7-11/h3-7,9H,2H2,1H3/b10-3+,16-9?. The lowest BCUT2D eigenvalue weighted by Gasteiger charge is -2.02. The highest BCUT2D eigenvalue weighted by Gasteiger charge is 2.04. The summed E-state index contributed by atoms with van der Waals surface area (Å²) in [6.07, 6.45) is 4.81. The summed E-state index contributed by atoms with van der Waals surface area (Å²) in [5, 5.41) is 8.60. The quantitative estimate of drug-likeness (QED) is 0.711. The Morgan fingerprint density at radius 3 is 2.81 bits per heavy atom. The van der Waals surface area contributed by atoms with Gasteiger partial charge >= 0.3 is 0 Å². The number of nitriles is 1. The average molecular weight is 214 g/mol. The Labute approximate surface area is 94.1 Å². The number of rotatable bonds is 3. The predicted molar refractivity (Wildman–Crippen MR) is 63.5 cm³/mol. The van der Waals surface area contributed by atoms with E-state index in [-0.39, 0.29) is 5.56 Å². The summed E-state index contributed by atoms with van der Waals surface area (Å²) in [5.74, 6) is -0.522. The lowest BCUT2D eigenvalue weighted by atomic mass is 10.0. The minimum Gasteiger partial charge on any atom is -0.265 e. The molecule has 1 aromatic rings. The van der Waals surface area contributed by atoms with Crippen LogP contribution in [0.4, 0.5) is 4.39 Å². The van der Waals surface area contributed by atoms with Gasteiger partial charge in [-0.1, -0.05) is 18.7 Å². The Morgan fingerprint density at radius 2 is 2.31 bits per heavy atom. The van der Waals surface area contributed by atoms with Gasteiger partial charge in [0.2, 0.25) is 0 Å². The van der Waals surface area contributed by atoms with Crippen LogP contribution < -0.4 is 0 Å². The van der Waals surface area contributed by atoms with E-state index in [0.717, 1.165) is 5.57 Å². The maximum atomic E-state index is 13.4. The van der Waals surface area contributed by atoms with E-state index in [9.17, 15) is 4.39 Å². The normalized spacial score (nSPS) is 11.4. The van der Waals surface area contributed by atoms with Gasteiger partial charge in [-0.3, -0.25) is 4.99 Å². The van der Waals surface area contributed by atoms with Crippen LogP contribution in [-0.4, -0.2) is 6.21 Å². The van der Waals surface area contributed by atoms with Crippen LogP contribution in [0.25, 0.3) is 5.57 Å². The van der Waals surface area contributed by atoms with Crippen LogP contribution >= 0.6 is 0 Å². The van der Waals surface area contributed by atoms with Gasteiger partial charge < -0.3 is 0 Å². The summed E-state index contributed by atoms with van der Waals surface area (Å²) in [6.45, 7) is 5.30. The van der Waals surface area contributed by atoms with Crippen molar-refractivity contribution in [3.63, 3.8) is 0 Å². The largest absolute Gasteiger partial charge is 0.265 e. The van der Waals surface area contributed by atoms with Crippen LogP contribution in [0.1, 0.15) is 18.1 Å². The first-order valence-corrected chi connectivity index (χ1v) is 4.73. The van der Waals surface area contributed by atoms with Gasteiger partial charge in [0.25, 0.3) is 0 Å². The Bertz CT molecular complexity index is 493. The summed E-state index contributed by atoms with van der Waals surface area (Å²) in [5.41, 5.74) is 1.51. The van der Waals surface area contributed by atoms with E-state index < -0.39 is 5.82 Å². The third-order valence-corrected chi connectivity index (χ3v) is 2.05. The van der Waals surface area contributed by atoms with Crippen LogP contribution in [0.2, 0.25) is 0 Å². The Kier molecular flexibility index (Phi) is 4.16. The number of allylic oxidation sites excluding steroid dienone is 2. The topological polar surface area (TPSA) is 36.1 Å². The van der Waals surface area contributed by atoms with Crippen molar-refractivity contribution in [3.05, 3.63) is 54.0 Å². The summed E-state index contributed by atoms with van der Waals surface area (Å²) < 4.78 is 13.4. The average Bonchev–Trinajstić information content (AvgIpc) is 2.30. The second kappa shape index (κ2) is 5.62. The smallest absolute Gasteiger partial charge is 0.141 e. The number of halogens is 1. The van der Waals surface area contributed by atoms with Gasteiger partial charge in [0, 0.05) is 12.4 Å². The highest BCUT2D eigenvalue weighted by molar-refractivity contribution is 6.09. The zero-order valence-electron chi connectivity index (χ0n) is 8.94. The minimum atomic E-state index is -0.522. The highest BCUT2D eigenvalue weighted by atomic mass is 19.1. The van der Waals surface area contributed by atoms with Gasteiger partial charge in [-0.15, -0.1) is 0 Å². The van der Waals surface area contributed by atoms with Crippen LogP contribution in [0.15, 0.2) is 42.0 Å². The summed E-state index contributed by atoms with van der Waals surface area (Å²) in [7, 11) is 0. The molecule has 1 rings (SSSR count). The molecule has 0 spiro atoms. The molecule has 0 aliphatic heterocycles. The van der Waals surface area contributed by atoms with E-state index in [1.165, 1.54) is 18.3 Å². The number of hydrogen-bond acceptors (Lipinski definition) is 2. The summed E-state index contributed by atoms with van der Waals surface area (Å²) >= 11 is 0. The molecule has 0 saturated carbocycles. The maximum Gasteiger partial charge on any atom is 0.141 e. The molecular weight excluding hydrogens is 203 g/mol. The van der Waals surface area contributed by atoms with Gasteiger partial charge in [-0.25, -0.2) is 4.39 Å². The molecule has 0 radical (unpaired) electrons. The minimum absolute atomic E-state index is 0.0415. The molecule has 16 heavy (non-hydrogen) atoms. The Hall–Kier alpha value is -2.21. The van der Waals surface area contributed by atoms with Crippen molar-refractivity contribution in [2.75, 3.05) is 0 Å². The lowest BCUT2D eigenvalue weighted by molar-refractivity contribution is 0.623. The molecule has 0 aliphatic rings. The third kappa shape index (κ3) is 2.64. The van der Waals surface area contributed by atoms with Crippen LogP contribution in [0, 0.1) is 17.1 Å².